The van der Waals surface area contributed by atoms with Crippen LogP contribution in [0.4, 0.5) is 10.5 Å². The lowest BCUT2D eigenvalue weighted by Gasteiger charge is -2.23. The first-order chi connectivity index (χ1) is 13.3. The van der Waals surface area contributed by atoms with Crippen molar-refractivity contribution in [3.8, 4) is 0 Å². The normalized spacial score (nSPS) is 23.3. The van der Waals surface area contributed by atoms with Crippen LogP contribution < -0.4 is 4.90 Å². The van der Waals surface area contributed by atoms with Gasteiger partial charge in [0.1, 0.15) is 0 Å². The van der Waals surface area contributed by atoms with Gasteiger partial charge < -0.3 is 4.90 Å². The van der Waals surface area contributed by atoms with E-state index >= 15 is 0 Å². The Morgan fingerprint density at radius 2 is 1.68 bits per heavy atom. The molecule has 5 nitrogen and oxygen atoms in total. The zero-order chi connectivity index (χ0) is 20.1. The Hall–Kier alpha value is -2.34. The first kappa shape index (κ1) is 19.0. The summed E-state index contributed by atoms with van der Waals surface area (Å²) in [6, 6.07) is 13.3. The lowest BCUT2D eigenvalue weighted by molar-refractivity contribution is 0.205. The molecular weight excluding hydrogens is 372 g/mol. The molecular formula is C22H26N2O3S. The van der Waals surface area contributed by atoms with E-state index in [4.69, 9.17) is 0 Å². The van der Waals surface area contributed by atoms with E-state index in [1.807, 2.05) is 38.1 Å². The van der Waals surface area contributed by atoms with Crippen molar-refractivity contribution in [3.63, 3.8) is 0 Å². The van der Waals surface area contributed by atoms with Crippen LogP contribution in [0.25, 0.3) is 0 Å². The van der Waals surface area contributed by atoms with Crippen LogP contribution in [0.5, 0.6) is 0 Å². The number of carbonyl (C=O) groups is 1. The molecule has 2 atom stereocenters. The lowest BCUT2D eigenvalue weighted by Crippen LogP contribution is -2.37. The van der Waals surface area contributed by atoms with Gasteiger partial charge in [-0.3, -0.25) is 4.90 Å². The predicted molar refractivity (Wildman–Crippen MR) is 111 cm³/mol. The maximum absolute atomic E-state index is 13.3. The van der Waals surface area contributed by atoms with E-state index in [9.17, 15) is 13.2 Å². The number of hydrogen-bond acceptors (Lipinski definition) is 3. The molecule has 2 fully saturated rings. The van der Waals surface area contributed by atoms with Gasteiger partial charge in [-0.1, -0.05) is 42.8 Å². The summed E-state index contributed by atoms with van der Waals surface area (Å²) >= 11 is 0. The van der Waals surface area contributed by atoms with Gasteiger partial charge in [0.25, 0.3) is 0 Å². The minimum absolute atomic E-state index is 0.0300. The van der Waals surface area contributed by atoms with Crippen LogP contribution in [0.15, 0.2) is 42.5 Å². The highest BCUT2D eigenvalue weighted by Crippen LogP contribution is 2.36. The summed E-state index contributed by atoms with van der Waals surface area (Å²) in [6.07, 6.45) is 0.924. The molecule has 2 saturated heterocycles. The summed E-state index contributed by atoms with van der Waals surface area (Å²) in [7, 11) is -3.16. The SMILES string of the molecule is CCc1ccc(N2C(=O)N(Cc3cc(C)ccc3C)[C@@H]3CS(=O)(=O)C[C@@H]32)cc1. The second kappa shape index (κ2) is 6.92. The van der Waals surface area contributed by atoms with Crippen molar-refractivity contribution < 1.29 is 13.2 Å². The fourth-order valence-electron chi connectivity index (χ4n) is 4.31. The molecule has 148 valence electrons. The molecule has 2 aliphatic rings. The van der Waals surface area contributed by atoms with Crippen molar-refractivity contribution in [2.24, 2.45) is 0 Å². The summed E-state index contributed by atoms with van der Waals surface area (Å²) in [5, 5.41) is 0. The fraction of sp³-hybridized carbons (Fsp3) is 0.409. The molecule has 0 N–H and O–H groups in total. The van der Waals surface area contributed by atoms with Crippen LogP contribution in [-0.4, -0.2) is 42.9 Å². The molecule has 28 heavy (non-hydrogen) atoms. The van der Waals surface area contributed by atoms with Crippen LogP contribution in [0.1, 0.15) is 29.2 Å². The van der Waals surface area contributed by atoms with Gasteiger partial charge in [0.15, 0.2) is 9.84 Å². The molecule has 0 aliphatic carbocycles. The van der Waals surface area contributed by atoms with E-state index in [2.05, 4.69) is 25.1 Å². The maximum atomic E-state index is 13.3. The molecule has 2 aromatic rings. The minimum Gasteiger partial charge on any atom is -0.314 e. The highest BCUT2D eigenvalue weighted by Gasteiger charge is 2.53. The summed E-state index contributed by atoms with van der Waals surface area (Å²) in [6.45, 7) is 6.58. The Morgan fingerprint density at radius 3 is 2.36 bits per heavy atom. The van der Waals surface area contributed by atoms with E-state index < -0.39 is 9.84 Å². The molecule has 6 heteroatoms. The van der Waals surface area contributed by atoms with Crippen LogP contribution in [0.3, 0.4) is 0 Å². The van der Waals surface area contributed by atoms with Crippen molar-refractivity contribution in [1.82, 2.24) is 4.90 Å². The standard InChI is InChI=1S/C22H26N2O3S/c1-4-17-7-9-19(10-8-17)24-21-14-28(26,27)13-20(21)23(22(24)25)12-18-11-15(2)5-6-16(18)3/h5-11,20-21H,4,12-14H2,1-3H3/t20-,21+/m1/s1. The lowest BCUT2D eigenvalue weighted by atomic mass is 10.0. The van der Waals surface area contributed by atoms with Gasteiger partial charge in [-0.2, -0.15) is 0 Å². The summed E-state index contributed by atoms with van der Waals surface area (Å²) in [5.41, 5.74) is 5.28. The van der Waals surface area contributed by atoms with Gasteiger partial charge in [-0.05, 0) is 49.1 Å². The topological polar surface area (TPSA) is 57.7 Å². The Morgan fingerprint density at radius 1 is 1.00 bits per heavy atom. The van der Waals surface area contributed by atoms with Gasteiger partial charge >= 0.3 is 6.03 Å². The van der Waals surface area contributed by atoms with Crippen molar-refractivity contribution in [2.75, 3.05) is 16.4 Å². The Bertz CT molecular complexity index is 1010. The molecule has 0 saturated carbocycles. The van der Waals surface area contributed by atoms with Gasteiger partial charge in [0, 0.05) is 12.2 Å². The maximum Gasteiger partial charge on any atom is 0.325 e. The average Bonchev–Trinajstić information content (AvgIpc) is 3.09. The smallest absolute Gasteiger partial charge is 0.314 e. The van der Waals surface area contributed by atoms with Crippen LogP contribution >= 0.6 is 0 Å². The highest BCUT2D eigenvalue weighted by molar-refractivity contribution is 7.91. The van der Waals surface area contributed by atoms with E-state index in [1.165, 1.54) is 5.56 Å². The third-order valence-electron chi connectivity index (χ3n) is 5.95. The molecule has 0 radical (unpaired) electrons. The first-order valence-corrected chi connectivity index (χ1v) is 11.6. The number of carbonyl (C=O) groups excluding carboxylic acids is 1. The van der Waals surface area contributed by atoms with Crippen LogP contribution in [0, 0.1) is 13.8 Å². The monoisotopic (exact) mass is 398 g/mol. The van der Waals surface area contributed by atoms with E-state index in [1.54, 1.807) is 9.80 Å². The third kappa shape index (κ3) is 3.30. The zero-order valence-corrected chi connectivity index (χ0v) is 17.4. The molecule has 2 amide bonds. The van der Waals surface area contributed by atoms with Crippen LogP contribution in [0.2, 0.25) is 0 Å². The zero-order valence-electron chi connectivity index (χ0n) is 16.6. The largest absolute Gasteiger partial charge is 0.325 e. The second-order valence-corrected chi connectivity index (χ2v) is 10.1. The average molecular weight is 399 g/mol. The molecule has 2 aromatic carbocycles. The number of fused-ring (bicyclic) bond motifs is 1. The molecule has 0 aromatic heterocycles. The number of rotatable bonds is 4. The number of amides is 2. The predicted octanol–water partition coefficient (Wildman–Crippen LogP) is 3.47. The first-order valence-electron chi connectivity index (χ1n) is 9.74. The van der Waals surface area contributed by atoms with Gasteiger partial charge in [0.2, 0.25) is 0 Å². The molecule has 0 unspecified atom stereocenters. The summed E-state index contributed by atoms with van der Waals surface area (Å²) in [5.74, 6) is 0.0695. The van der Waals surface area contributed by atoms with Gasteiger partial charge in [0.05, 0.1) is 23.6 Å². The highest BCUT2D eigenvalue weighted by atomic mass is 32.2. The number of nitrogens with zero attached hydrogens (tertiary/aromatic N) is 2. The molecule has 2 aliphatic heterocycles. The van der Waals surface area contributed by atoms with E-state index in [0.29, 0.717) is 6.54 Å². The number of benzene rings is 2. The Kier molecular flexibility index (Phi) is 4.70. The van der Waals surface area contributed by atoms with Crippen molar-refractivity contribution in [3.05, 3.63) is 64.7 Å². The fourth-order valence-corrected chi connectivity index (χ4v) is 6.26. The number of anilines is 1. The van der Waals surface area contributed by atoms with Gasteiger partial charge in [-0.15, -0.1) is 0 Å². The quantitative estimate of drug-likeness (QED) is 0.741. The van der Waals surface area contributed by atoms with Crippen molar-refractivity contribution in [1.29, 1.82) is 0 Å². The Labute approximate surface area is 166 Å². The summed E-state index contributed by atoms with van der Waals surface area (Å²) < 4.78 is 24.8. The van der Waals surface area contributed by atoms with Gasteiger partial charge in [-0.25, -0.2) is 13.2 Å². The number of sulfone groups is 1. The number of hydrogen-bond donors (Lipinski definition) is 0. The van der Waals surface area contributed by atoms with Crippen LogP contribution in [-0.2, 0) is 22.8 Å². The van der Waals surface area contributed by atoms with Crippen molar-refractivity contribution >= 4 is 21.6 Å². The molecule has 4 rings (SSSR count). The second-order valence-electron chi connectivity index (χ2n) is 7.94. The molecule has 0 spiro atoms. The van der Waals surface area contributed by atoms with E-state index in [0.717, 1.165) is 28.8 Å². The van der Waals surface area contributed by atoms with E-state index in [-0.39, 0.29) is 29.6 Å². The summed E-state index contributed by atoms with van der Waals surface area (Å²) in [4.78, 5) is 16.8. The number of aryl methyl sites for hydroxylation is 3. The molecule has 2 heterocycles. The molecule has 0 bridgehead atoms. The Balaban J connectivity index is 1.71. The number of urea groups is 1. The third-order valence-corrected chi connectivity index (χ3v) is 7.64. The van der Waals surface area contributed by atoms with Crippen molar-refractivity contribution in [2.45, 2.75) is 45.8 Å². The minimum atomic E-state index is -3.16.